The maximum absolute atomic E-state index is 9.73. The van der Waals surface area contributed by atoms with Gasteiger partial charge >= 0.3 is 0 Å². The van der Waals surface area contributed by atoms with Crippen molar-refractivity contribution in [2.45, 2.75) is 44.2 Å². The van der Waals surface area contributed by atoms with Gasteiger partial charge in [-0.25, -0.2) is 0 Å². The van der Waals surface area contributed by atoms with Crippen LogP contribution in [0.15, 0.2) is 30.3 Å². The van der Waals surface area contributed by atoms with Crippen LogP contribution in [0.2, 0.25) is 0 Å². The number of benzene rings is 1. The van der Waals surface area contributed by atoms with Gasteiger partial charge in [0.15, 0.2) is 0 Å². The SMILES string of the molecule is OC[C@H](N[C@@H]1C[C@H]2C[C@H]1[C@H]1CCC[C@H]21)c1ccccc1. The molecule has 0 amide bonds. The lowest BCUT2D eigenvalue weighted by atomic mass is 9.79. The summed E-state index contributed by atoms with van der Waals surface area (Å²) in [6.45, 7) is 0.200. The number of nitrogens with one attached hydrogen (secondary N) is 1. The number of fused-ring (bicyclic) bond motifs is 5. The molecule has 1 aromatic carbocycles. The molecule has 0 aliphatic heterocycles. The highest BCUT2D eigenvalue weighted by Crippen LogP contribution is 2.58. The maximum Gasteiger partial charge on any atom is 0.0626 e. The fourth-order valence-electron chi connectivity index (χ4n) is 5.46. The van der Waals surface area contributed by atoms with E-state index in [1.807, 2.05) is 6.07 Å². The molecule has 3 aliphatic rings. The van der Waals surface area contributed by atoms with Gasteiger partial charge in [-0.2, -0.15) is 0 Å². The Hall–Kier alpha value is -0.860. The molecule has 3 aliphatic carbocycles. The topological polar surface area (TPSA) is 32.3 Å². The van der Waals surface area contributed by atoms with Gasteiger partial charge in [0.1, 0.15) is 0 Å². The van der Waals surface area contributed by atoms with Crippen molar-refractivity contribution in [1.29, 1.82) is 0 Å². The maximum atomic E-state index is 9.73. The summed E-state index contributed by atoms with van der Waals surface area (Å²) in [6, 6.07) is 11.2. The zero-order valence-corrected chi connectivity index (χ0v) is 12.0. The Kier molecular flexibility index (Phi) is 3.31. The van der Waals surface area contributed by atoms with E-state index in [4.69, 9.17) is 0 Å². The molecule has 0 spiro atoms. The molecule has 3 fully saturated rings. The van der Waals surface area contributed by atoms with Gasteiger partial charge in [0.25, 0.3) is 0 Å². The van der Waals surface area contributed by atoms with Gasteiger partial charge in [-0.1, -0.05) is 36.8 Å². The highest BCUT2D eigenvalue weighted by atomic mass is 16.3. The molecule has 6 atom stereocenters. The third-order valence-corrected chi connectivity index (χ3v) is 6.23. The molecule has 0 radical (unpaired) electrons. The number of rotatable bonds is 4. The second kappa shape index (κ2) is 5.16. The minimum Gasteiger partial charge on any atom is -0.394 e. The van der Waals surface area contributed by atoms with Crippen LogP contribution in [0.1, 0.15) is 43.7 Å². The summed E-state index contributed by atoms with van der Waals surface area (Å²) in [4.78, 5) is 0. The Bertz CT molecular complexity index is 460. The molecule has 3 saturated carbocycles. The second-order valence-corrected chi connectivity index (χ2v) is 7.07. The van der Waals surface area contributed by atoms with Gasteiger partial charge in [-0.3, -0.25) is 0 Å². The zero-order chi connectivity index (χ0) is 13.5. The van der Waals surface area contributed by atoms with E-state index >= 15 is 0 Å². The van der Waals surface area contributed by atoms with Crippen molar-refractivity contribution in [3.05, 3.63) is 35.9 Å². The predicted octanol–water partition coefficient (Wildman–Crippen LogP) is 3.13. The molecule has 0 aromatic heterocycles. The third-order valence-electron chi connectivity index (χ3n) is 6.23. The fraction of sp³-hybridized carbons (Fsp3) is 0.667. The molecule has 20 heavy (non-hydrogen) atoms. The highest BCUT2D eigenvalue weighted by molar-refractivity contribution is 5.19. The molecule has 4 rings (SSSR count). The Morgan fingerprint density at radius 1 is 1.05 bits per heavy atom. The van der Waals surface area contributed by atoms with Crippen molar-refractivity contribution in [1.82, 2.24) is 5.32 Å². The molecule has 2 heteroatoms. The standard InChI is InChI=1S/C18H25NO/c20-11-18(12-5-2-1-3-6-12)19-17-10-13-9-16(17)15-8-4-7-14(13)15/h1-3,5-6,13-20H,4,7-11H2/t13-,14-,15+,16+,17-,18+/m1/s1. The molecular weight excluding hydrogens is 246 g/mol. The lowest BCUT2D eigenvalue weighted by Crippen LogP contribution is -2.42. The van der Waals surface area contributed by atoms with Crippen molar-refractivity contribution in [2.24, 2.45) is 23.7 Å². The van der Waals surface area contributed by atoms with Crippen LogP contribution in [-0.4, -0.2) is 17.8 Å². The Morgan fingerprint density at radius 2 is 1.85 bits per heavy atom. The number of hydrogen-bond donors (Lipinski definition) is 2. The van der Waals surface area contributed by atoms with Gasteiger partial charge in [0.05, 0.1) is 12.6 Å². The highest BCUT2D eigenvalue weighted by Gasteiger charge is 2.53. The van der Waals surface area contributed by atoms with Crippen molar-refractivity contribution in [3.8, 4) is 0 Å². The van der Waals surface area contributed by atoms with Gasteiger partial charge in [0.2, 0.25) is 0 Å². The summed E-state index contributed by atoms with van der Waals surface area (Å²) in [5.41, 5.74) is 1.22. The first-order valence-corrected chi connectivity index (χ1v) is 8.28. The van der Waals surface area contributed by atoms with E-state index in [2.05, 4.69) is 29.6 Å². The molecule has 0 unspecified atom stereocenters. The summed E-state index contributed by atoms with van der Waals surface area (Å²) in [5, 5.41) is 13.5. The summed E-state index contributed by atoms with van der Waals surface area (Å²) < 4.78 is 0. The normalized spacial score (nSPS) is 40.0. The van der Waals surface area contributed by atoms with Crippen LogP contribution >= 0.6 is 0 Å². The van der Waals surface area contributed by atoms with E-state index in [0.717, 1.165) is 23.7 Å². The molecular formula is C18H25NO. The minimum atomic E-state index is 0.111. The van der Waals surface area contributed by atoms with Gasteiger partial charge in [-0.05, 0) is 54.9 Å². The first-order valence-electron chi connectivity index (χ1n) is 8.28. The van der Waals surface area contributed by atoms with Crippen molar-refractivity contribution in [2.75, 3.05) is 6.61 Å². The average molecular weight is 271 g/mol. The van der Waals surface area contributed by atoms with Gasteiger partial charge < -0.3 is 10.4 Å². The smallest absolute Gasteiger partial charge is 0.0626 e. The van der Waals surface area contributed by atoms with Crippen molar-refractivity contribution in [3.63, 3.8) is 0 Å². The molecule has 1 aromatic rings. The summed E-state index contributed by atoms with van der Waals surface area (Å²) in [5.74, 6) is 3.88. The Labute approximate surface area is 121 Å². The van der Waals surface area contributed by atoms with Crippen molar-refractivity contribution >= 4 is 0 Å². The molecule has 108 valence electrons. The molecule has 0 saturated heterocycles. The van der Waals surface area contributed by atoms with Crippen LogP contribution in [0, 0.1) is 23.7 Å². The molecule has 2 bridgehead atoms. The molecule has 2 N–H and O–H groups in total. The fourth-order valence-corrected chi connectivity index (χ4v) is 5.46. The van der Waals surface area contributed by atoms with Crippen LogP contribution < -0.4 is 5.32 Å². The Morgan fingerprint density at radius 3 is 2.65 bits per heavy atom. The average Bonchev–Trinajstić information content (AvgIpc) is 3.18. The van der Waals surface area contributed by atoms with E-state index in [0.29, 0.717) is 6.04 Å². The van der Waals surface area contributed by atoms with Gasteiger partial charge in [0, 0.05) is 6.04 Å². The first-order chi connectivity index (χ1) is 9.86. The summed E-state index contributed by atoms with van der Waals surface area (Å²) in [6.07, 6.45) is 7.19. The predicted molar refractivity (Wildman–Crippen MR) is 80.2 cm³/mol. The van der Waals surface area contributed by atoms with Crippen LogP contribution in [0.25, 0.3) is 0 Å². The van der Waals surface area contributed by atoms with E-state index in [-0.39, 0.29) is 12.6 Å². The number of aliphatic hydroxyl groups excluding tert-OH is 1. The quantitative estimate of drug-likeness (QED) is 0.882. The second-order valence-electron chi connectivity index (χ2n) is 7.07. The third kappa shape index (κ3) is 2.01. The van der Waals surface area contributed by atoms with E-state index in [1.165, 1.54) is 37.7 Å². The number of aliphatic hydroxyl groups is 1. The van der Waals surface area contributed by atoms with Crippen LogP contribution in [-0.2, 0) is 0 Å². The van der Waals surface area contributed by atoms with E-state index in [1.54, 1.807) is 0 Å². The minimum absolute atomic E-state index is 0.111. The van der Waals surface area contributed by atoms with E-state index in [9.17, 15) is 5.11 Å². The van der Waals surface area contributed by atoms with Crippen LogP contribution in [0.5, 0.6) is 0 Å². The lowest BCUT2D eigenvalue weighted by molar-refractivity contribution is 0.171. The summed E-state index contributed by atoms with van der Waals surface area (Å²) >= 11 is 0. The number of hydrogen-bond acceptors (Lipinski definition) is 2. The van der Waals surface area contributed by atoms with Crippen LogP contribution in [0.4, 0.5) is 0 Å². The largest absolute Gasteiger partial charge is 0.394 e. The molecule has 0 heterocycles. The monoisotopic (exact) mass is 271 g/mol. The van der Waals surface area contributed by atoms with Gasteiger partial charge in [-0.15, -0.1) is 0 Å². The zero-order valence-electron chi connectivity index (χ0n) is 12.0. The van der Waals surface area contributed by atoms with Crippen LogP contribution in [0.3, 0.4) is 0 Å². The Balaban J connectivity index is 1.47. The lowest BCUT2D eigenvalue weighted by Gasteiger charge is -2.34. The first kappa shape index (κ1) is 12.8. The summed E-state index contributed by atoms with van der Waals surface area (Å²) in [7, 11) is 0. The van der Waals surface area contributed by atoms with Crippen molar-refractivity contribution < 1.29 is 5.11 Å². The molecule has 2 nitrogen and oxygen atoms in total. The van der Waals surface area contributed by atoms with E-state index < -0.39 is 0 Å².